The third-order valence-corrected chi connectivity index (χ3v) is 2.46. The van der Waals surface area contributed by atoms with E-state index >= 15 is 0 Å². The highest BCUT2D eigenvalue weighted by Crippen LogP contribution is 2.19. The second-order valence-electron chi connectivity index (χ2n) is 3.95. The van der Waals surface area contributed by atoms with E-state index < -0.39 is 0 Å². The highest BCUT2D eigenvalue weighted by atomic mass is 14.9. The Labute approximate surface area is 96.1 Å². The first-order chi connectivity index (χ1) is 7.66. The van der Waals surface area contributed by atoms with Gasteiger partial charge in [0.2, 0.25) is 0 Å². The predicted molar refractivity (Wildman–Crippen MR) is 70.9 cm³/mol. The summed E-state index contributed by atoms with van der Waals surface area (Å²) in [5.41, 5.74) is 2.89. The van der Waals surface area contributed by atoms with Crippen LogP contribution in [0.4, 0.5) is 0 Å². The van der Waals surface area contributed by atoms with Crippen molar-refractivity contribution >= 4 is 16.5 Å². The molecule has 0 fully saturated rings. The van der Waals surface area contributed by atoms with Crippen LogP contribution in [0.3, 0.4) is 0 Å². The normalized spacial score (nSPS) is 10.1. The molecule has 0 saturated heterocycles. The standard InChI is InChI=1S/C15H15N/c1-11(2)16-12(3)14-9-8-13-6-4-5-7-15(13)10-14/h4-10,16H,1,3H2,2H3. The van der Waals surface area contributed by atoms with Crippen LogP contribution >= 0.6 is 0 Å². The van der Waals surface area contributed by atoms with E-state index in [-0.39, 0.29) is 0 Å². The number of hydrogen-bond acceptors (Lipinski definition) is 1. The number of benzene rings is 2. The van der Waals surface area contributed by atoms with Crippen molar-refractivity contribution < 1.29 is 0 Å². The summed E-state index contributed by atoms with van der Waals surface area (Å²) in [5, 5.41) is 5.61. The van der Waals surface area contributed by atoms with E-state index in [9.17, 15) is 0 Å². The Bertz CT molecular complexity index is 552. The molecule has 0 unspecified atom stereocenters. The highest BCUT2D eigenvalue weighted by Gasteiger charge is 1.99. The van der Waals surface area contributed by atoms with Gasteiger partial charge in [0.05, 0.1) is 0 Å². The molecule has 0 aliphatic heterocycles. The largest absolute Gasteiger partial charge is 0.360 e. The molecule has 0 atom stereocenters. The summed E-state index contributed by atoms with van der Waals surface area (Å²) in [6.07, 6.45) is 0. The SMILES string of the molecule is C=C(C)NC(=C)c1ccc2ccccc2c1. The van der Waals surface area contributed by atoms with Crippen LogP contribution in [0.15, 0.2) is 61.3 Å². The molecule has 0 aromatic heterocycles. The van der Waals surface area contributed by atoms with Crippen LogP contribution in [0.1, 0.15) is 12.5 Å². The van der Waals surface area contributed by atoms with E-state index in [2.05, 4.69) is 48.8 Å². The zero-order chi connectivity index (χ0) is 11.5. The van der Waals surface area contributed by atoms with Gasteiger partial charge in [0.1, 0.15) is 0 Å². The lowest BCUT2D eigenvalue weighted by Gasteiger charge is -2.09. The van der Waals surface area contributed by atoms with Crippen LogP contribution in [-0.4, -0.2) is 0 Å². The molecule has 0 aliphatic carbocycles. The molecule has 0 heterocycles. The van der Waals surface area contributed by atoms with Gasteiger partial charge in [-0.15, -0.1) is 0 Å². The second-order valence-corrected chi connectivity index (χ2v) is 3.95. The summed E-state index contributed by atoms with van der Waals surface area (Å²) in [7, 11) is 0. The van der Waals surface area contributed by atoms with Crippen LogP contribution < -0.4 is 5.32 Å². The quantitative estimate of drug-likeness (QED) is 0.807. The van der Waals surface area contributed by atoms with Crippen molar-refractivity contribution in [3.8, 4) is 0 Å². The summed E-state index contributed by atoms with van der Waals surface area (Å²) >= 11 is 0. The first-order valence-electron chi connectivity index (χ1n) is 5.27. The number of fused-ring (bicyclic) bond motifs is 1. The summed E-state index contributed by atoms with van der Waals surface area (Å²) in [5.74, 6) is 0. The third-order valence-electron chi connectivity index (χ3n) is 2.46. The minimum atomic E-state index is 0.887. The van der Waals surface area contributed by atoms with E-state index in [4.69, 9.17) is 0 Å². The van der Waals surface area contributed by atoms with Gasteiger partial charge in [-0.25, -0.2) is 0 Å². The lowest BCUT2D eigenvalue weighted by molar-refractivity contribution is 1.10. The molecular formula is C15H15N. The van der Waals surface area contributed by atoms with Crippen LogP contribution in [0, 0.1) is 0 Å². The fraction of sp³-hybridized carbons (Fsp3) is 0.0667. The number of allylic oxidation sites excluding steroid dienone is 1. The molecule has 2 aromatic carbocycles. The van der Waals surface area contributed by atoms with E-state index in [0.29, 0.717) is 0 Å². The van der Waals surface area contributed by atoms with Crippen LogP contribution in [0.2, 0.25) is 0 Å². The minimum Gasteiger partial charge on any atom is -0.360 e. The Hall–Kier alpha value is -2.02. The fourth-order valence-corrected chi connectivity index (χ4v) is 1.71. The van der Waals surface area contributed by atoms with Crippen molar-refractivity contribution in [3.63, 3.8) is 0 Å². The van der Waals surface area contributed by atoms with E-state index in [1.165, 1.54) is 10.8 Å². The average molecular weight is 209 g/mol. The molecule has 0 amide bonds. The fourth-order valence-electron chi connectivity index (χ4n) is 1.71. The molecule has 1 nitrogen and oxygen atoms in total. The average Bonchev–Trinajstić information content (AvgIpc) is 2.27. The molecule has 16 heavy (non-hydrogen) atoms. The summed E-state index contributed by atoms with van der Waals surface area (Å²) in [6, 6.07) is 14.6. The van der Waals surface area contributed by atoms with Crippen molar-refractivity contribution in [1.82, 2.24) is 5.32 Å². The Morgan fingerprint density at radius 2 is 1.69 bits per heavy atom. The summed E-state index contributed by atoms with van der Waals surface area (Å²) < 4.78 is 0. The first-order valence-corrected chi connectivity index (χ1v) is 5.27. The Balaban J connectivity index is 2.39. The molecule has 0 bridgehead atoms. The van der Waals surface area contributed by atoms with Gasteiger partial charge in [0, 0.05) is 11.4 Å². The first kappa shape index (κ1) is 10.5. The molecule has 2 aromatic rings. The van der Waals surface area contributed by atoms with Gasteiger partial charge in [-0.2, -0.15) is 0 Å². The Kier molecular flexibility index (Phi) is 2.78. The van der Waals surface area contributed by atoms with E-state index in [1.54, 1.807) is 0 Å². The molecule has 2 rings (SSSR count). The Morgan fingerprint density at radius 1 is 1.00 bits per heavy atom. The van der Waals surface area contributed by atoms with Crippen molar-refractivity contribution in [2.24, 2.45) is 0 Å². The second kappa shape index (κ2) is 4.23. The Morgan fingerprint density at radius 3 is 2.38 bits per heavy atom. The number of rotatable bonds is 3. The zero-order valence-electron chi connectivity index (χ0n) is 9.46. The van der Waals surface area contributed by atoms with Crippen LogP contribution in [0.25, 0.3) is 16.5 Å². The van der Waals surface area contributed by atoms with Crippen molar-refractivity contribution in [1.29, 1.82) is 0 Å². The lowest BCUT2D eigenvalue weighted by Crippen LogP contribution is -2.06. The van der Waals surface area contributed by atoms with Gasteiger partial charge < -0.3 is 5.32 Å². The topological polar surface area (TPSA) is 12.0 Å². The van der Waals surface area contributed by atoms with Crippen LogP contribution in [0.5, 0.6) is 0 Å². The maximum Gasteiger partial charge on any atom is 0.0382 e. The highest BCUT2D eigenvalue weighted by molar-refractivity contribution is 5.85. The van der Waals surface area contributed by atoms with Crippen molar-refractivity contribution in [3.05, 3.63) is 66.9 Å². The van der Waals surface area contributed by atoms with Gasteiger partial charge in [0.25, 0.3) is 0 Å². The lowest BCUT2D eigenvalue weighted by atomic mass is 10.1. The molecule has 1 N–H and O–H groups in total. The minimum absolute atomic E-state index is 0.887. The van der Waals surface area contributed by atoms with Crippen molar-refractivity contribution in [2.75, 3.05) is 0 Å². The van der Waals surface area contributed by atoms with Crippen molar-refractivity contribution in [2.45, 2.75) is 6.92 Å². The molecule has 0 aliphatic rings. The smallest absolute Gasteiger partial charge is 0.0382 e. The molecular weight excluding hydrogens is 194 g/mol. The summed E-state index contributed by atoms with van der Waals surface area (Å²) in [6.45, 7) is 9.73. The molecule has 0 radical (unpaired) electrons. The van der Waals surface area contributed by atoms with Gasteiger partial charge >= 0.3 is 0 Å². The third kappa shape index (κ3) is 2.14. The molecule has 0 spiro atoms. The van der Waals surface area contributed by atoms with E-state index in [0.717, 1.165) is 17.0 Å². The molecule has 80 valence electrons. The number of nitrogens with one attached hydrogen (secondary N) is 1. The van der Waals surface area contributed by atoms with E-state index in [1.807, 2.05) is 19.1 Å². The maximum atomic E-state index is 4.00. The summed E-state index contributed by atoms with van der Waals surface area (Å²) in [4.78, 5) is 0. The molecule has 0 saturated carbocycles. The maximum absolute atomic E-state index is 4.00. The number of hydrogen-bond donors (Lipinski definition) is 1. The van der Waals surface area contributed by atoms with Gasteiger partial charge in [0.15, 0.2) is 0 Å². The predicted octanol–water partition coefficient (Wildman–Crippen LogP) is 3.93. The monoisotopic (exact) mass is 209 g/mol. The van der Waals surface area contributed by atoms with Gasteiger partial charge in [-0.05, 0) is 29.3 Å². The van der Waals surface area contributed by atoms with Gasteiger partial charge in [-0.1, -0.05) is 49.6 Å². The van der Waals surface area contributed by atoms with Gasteiger partial charge in [-0.3, -0.25) is 0 Å². The zero-order valence-corrected chi connectivity index (χ0v) is 9.46. The van der Waals surface area contributed by atoms with Crippen LogP contribution in [-0.2, 0) is 0 Å². The molecule has 1 heteroatoms.